The number of amides is 1. The van der Waals surface area contributed by atoms with Gasteiger partial charge in [0.25, 0.3) is 0 Å². The number of aliphatic hydroxyl groups is 1. The zero-order valence-electron chi connectivity index (χ0n) is 8.32. The third-order valence-electron chi connectivity index (χ3n) is 1.61. The van der Waals surface area contributed by atoms with E-state index in [1.165, 1.54) is 0 Å². The molecule has 0 radical (unpaired) electrons. The summed E-state index contributed by atoms with van der Waals surface area (Å²) in [4.78, 5) is 21.4. The van der Waals surface area contributed by atoms with Gasteiger partial charge in [0.15, 0.2) is 6.04 Å². The van der Waals surface area contributed by atoms with Crippen LogP contribution < -0.4 is 5.32 Å². The average Bonchev–Trinajstić information content (AvgIpc) is 2.13. The highest BCUT2D eigenvalue weighted by molar-refractivity contribution is 5.79. The normalized spacial score (nSPS) is 13.9. The highest BCUT2D eigenvalue weighted by Crippen LogP contribution is 2.05. The Bertz CT molecular complexity index is 227. The molecule has 0 aliphatic carbocycles. The van der Waals surface area contributed by atoms with E-state index in [0.717, 1.165) is 0 Å². The molecule has 80 valence electrons. The van der Waals surface area contributed by atoms with Crippen LogP contribution in [-0.2, 0) is 14.3 Å². The smallest absolute Gasteiger partial charge is 0.331 e. The molecule has 5 nitrogen and oxygen atoms in total. The Balaban J connectivity index is 4.48. The van der Waals surface area contributed by atoms with Gasteiger partial charge in [-0.05, 0) is 19.4 Å². The van der Waals surface area contributed by atoms with Crippen molar-refractivity contribution in [1.82, 2.24) is 5.32 Å². The van der Waals surface area contributed by atoms with E-state index in [9.17, 15) is 14.7 Å². The number of nitrogens with one attached hydrogen (secondary N) is 1. The van der Waals surface area contributed by atoms with E-state index >= 15 is 0 Å². The predicted molar refractivity (Wildman–Crippen MR) is 50.4 cm³/mol. The number of ether oxygens (including phenoxy) is 1. The van der Waals surface area contributed by atoms with E-state index in [2.05, 4.69) is 16.6 Å². The van der Waals surface area contributed by atoms with Crippen molar-refractivity contribution < 1.29 is 19.4 Å². The lowest BCUT2D eigenvalue weighted by Crippen LogP contribution is -2.46. The van der Waals surface area contributed by atoms with E-state index in [-0.39, 0.29) is 6.61 Å². The van der Waals surface area contributed by atoms with Crippen LogP contribution in [0, 0.1) is 0 Å². The summed E-state index contributed by atoms with van der Waals surface area (Å²) < 4.78 is 4.67. The van der Waals surface area contributed by atoms with Crippen molar-refractivity contribution in [2.24, 2.45) is 0 Å². The molecule has 0 fully saturated rings. The van der Waals surface area contributed by atoms with Gasteiger partial charge >= 0.3 is 5.97 Å². The summed E-state index contributed by atoms with van der Waals surface area (Å²) in [5.41, 5.74) is 0.386. The Morgan fingerprint density at radius 2 is 2.29 bits per heavy atom. The number of hydrogen-bond acceptors (Lipinski definition) is 4. The fourth-order valence-electron chi connectivity index (χ4n) is 0.878. The van der Waals surface area contributed by atoms with Crippen LogP contribution in [0.25, 0.3) is 0 Å². The molecule has 0 saturated heterocycles. The minimum Gasteiger partial charge on any atom is -0.464 e. The molecule has 0 aromatic carbocycles. The van der Waals surface area contributed by atoms with Crippen LogP contribution in [0.15, 0.2) is 12.2 Å². The van der Waals surface area contributed by atoms with Crippen molar-refractivity contribution in [3.05, 3.63) is 12.2 Å². The minimum atomic E-state index is -1.13. The van der Waals surface area contributed by atoms with Gasteiger partial charge in [0.05, 0.1) is 6.61 Å². The Morgan fingerprint density at radius 3 is 2.64 bits per heavy atom. The van der Waals surface area contributed by atoms with Gasteiger partial charge in [-0.1, -0.05) is 6.58 Å². The standard InChI is InChI=1S/C9H15NO4/c1-4-14-9(13)7(10-5-11)8(12)6(2)3/h5,7-8,12H,2,4H2,1,3H3,(H,10,11)/t7-,8+/m0/s1. The van der Waals surface area contributed by atoms with Crippen LogP contribution in [0.3, 0.4) is 0 Å². The van der Waals surface area contributed by atoms with Crippen molar-refractivity contribution in [2.45, 2.75) is 26.0 Å². The van der Waals surface area contributed by atoms with Crippen LogP contribution in [0.1, 0.15) is 13.8 Å². The quantitative estimate of drug-likeness (QED) is 0.348. The van der Waals surface area contributed by atoms with Crippen LogP contribution in [0.2, 0.25) is 0 Å². The summed E-state index contributed by atoms with van der Waals surface area (Å²) >= 11 is 0. The summed E-state index contributed by atoms with van der Waals surface area (Å²) in [7, 11) is 0. The first-order valence-electron chi connectivity index (χ1n) is 4.24. The predicted octanol–water partition coefficient (Wildman–Crippen LogP) is -0.399. The number of esters is 1. The Labute approximate surface area is 82.7 Å². The van der Waals surface area contributed by atoms with E-state index in [0.29, 0.717) is 12.0 Å². The molecule has 0 bridgehead atoms. The van der Waals surface area contributed by atoms with Crippen molar-refractivity contribution >= 4 is 12.4 Å². The van der Waals surface area contributed by atoms with Crippen molar-refractivity contribution in [3.63, 3.8) is 0 Å². The number of aliphatic hydroxyl groups excluding tert-OH is 1. The summed E-state index contributed by atoms with van der Waals surface area (Å²) in [5, 5.41) is 11.7. The molecular formula is C9H15NO4. The summed E-state index contributed by atoms with van der Waals surface area (Å²) in [6.07, 6.45) is -0.785. The molecule has 2 atom stereocenters. The second kappa shape index (κ2) is 6.15. The molecule has 0 aliphatic rings. The highest BCUT2D eigenvalue weighted by atomic mass is 16.5. The van der Waals surface area contributed by atoms with Gasteiger partial charge in [0.1, 0.15) is 6.10 Å². The van der Waals surface area contributed by atoms with Gasteiger partial charge in [0, 0.05) is 0 Å². The lowest BCUT2D eigenvalue weighted by molar-refractivity contribution is -0.149. The zero-order valence-corrected chi connectivity index (χ0v) is 8.32. The summed E-state index contributed by atoms with van der Waals surface area (Å²) in [5.74, 6) is -0.671. The molecular weight excluding hydrogens is 186 g/mol. The maximum atomic E-state index is 11.2. The molecule has 5 heteroatoms. The lowest BCUT2D eigenvalue weighted by atomic mass is 10.1. The number of carbonyl (C=O) groups is 2. The van der Waals surface area contributed by atoms with Gasteiger partial charge in [-0.2, -0.15) is 0 Å². The van der Waals surface area contributed by atoms with Gasteiger partial charge in [-0.25, -0.2) is 4.79 Å². The van der Waals surface area contributed by atoms with E-state index in [1.807, 2.05) is 0 Å². The summed E-state index contributed by atoms with van der Waals surface area (Å²) in [6, 6.07) is -1.08. The molecule has 0 rings (SSSR count). The zero-order chi connectivity index (χ0) is 11.1. The van der Waals surface area contributed by atoms with Crippen LogP contribution in [0.4, 0.5) is 0 Å². The summed E-state index contributed by atoms with van der Waals surface area (Å²) in [6.45, 7) is 6.88. The van der Waals surface area contributed by atoms with Crippen molar-refractivity contribution in [2.75, 3.05) is 6.61 Å². The van der Waals surface area contributed by atoms with E-state index < -0.39 is 18.1 Å². The maximum Gasteiger partial charge on any atom is 0.331 e. The second-order valence-electron chi connectivity index (χ2n) is 2.81. The largest absolute Gasteiger partial charge is 0.464 e. The van der Waals surface area contributed by atoms with Gasteiger partial charge in [-0.15, -0.1) is 0 Å². The van der Waals surface area contributed by atoms with Crippen LogP contribution in [0.5, 0.6) is 0 Å². The fraction of sp³-hybridized carbons (Fsp3) is 0.556. The highest BCUT2D eigenvalue weighted by Gasteiger charge is 2.27. The molecule has 0 unspecified atom stereocenters. The third kappa shape index (κ3) is 3.57. The number of rotatable bonds is 6. The molecule has 0 aliphatic heterocycles. The molecule has 0 saturated carbocycles. The Morgan fingerprint density at radius 1 is 1.71 bits per heavy atom. The molecule has 0 spiro atoms. The average molecular weight is 201 g/mol. The molecule has 0 aromatic heterocycles. The Kier molecular flexibility index (Phi) is 5.55. The van der Waals surface area contributed by atoms with E-state index in [1.54, 1.807) is 13.8 Å². The first kappa shape index (κ1) is 12.6. The van der Waals surface area contributed by atoms with Crippen molar-refractivity contribution in [3.8, 4) is 0 Å². The van der Waals surface area contributed by atoms with Gasteiger partial charge in [-0.3, -0.25) is 4.79 Å². The fourth-order valence-corrected chi connectivity index (χ4v) is 0.878. The van der Waals surface area contributed by atoms with Gasteiger partial charge < -0.3 is 15.2 Å². The molecule has 14 heavy (non-hydrogen) atoms. The first-order chi connectivity index (χ1) is 6.54. The van der Waals surface area contributed by atoms with Crippen molar-refractivity contribution in [1.29, 1.82) is 0 Å². The molecule has 0 aromatic rings. The first-order valence-corrected chi connectivity index (χ1v) is 4.24. The third-order valence-corrected chi connectivity index (χ3v) is 1.61. The molecule has 0 heterocycles. The Hall–Kier alpha value is -1.36. The molecule has 1 amide bonds. The van der Waals surface area contributed by atoms with E-state index in [4.69, 9.17) is 0 Å². The maximum absolute atomic E-state index is 11.2. The monoisotopic (exact) mass is 201 g/mol. The minimum absolute atomic E-state index is 0.193. The van der Waals surface area contributed by atoms with Crippen LogP contribution in [-0.4, -0.2) is 36.2 Å². The lowest BCUT2D eigenvalue weighted by Gasteiger charge is -2.20. The SMILES string of the molecule is C=C(C)[C@@H](O)[C@H](NC=O)C(=O)OCC. The van der Waals surface area contributed by atoms with Crippen LogP contribution >= 0.6 is 0 Å². The second-order valence-corrected chi connectivity index (χ2v) is 2.81. The number of hydrogen-bond donors (Lipinski definition) is 2. The molecule has 2 N–H and O–H groups in total. The topological polar surface area (TPSA) is 75.6 Å². The van der Waals surface area contributed by atoms with Gasteiger partial charge in [0.2, 0.25) is 6.41 Å². The number of carbonyl (C=O) groups excluding carboxylic acids is 2.